The van der Waals surface area contributed by atoms with E-state index in [-0.39, 0.29) is 28.8 Å². The fourth-order valence-electron chi connectivity index (χ4n) is 4.60. The van der Waals surface area contributed by atoms with Crippen LogP contribution >= 0.6 is 11.3 Å². The Labute approximate surface area is 209 Å². The highest BCUT2D eigenvalue weighted by molar-refractivity contribution is 7.07. The molecule has 2 aromatic carbocycles. The molecule has 1 unspecified atom stereocenters. The Hall–Kier alpha value is -4.31. The highest BCUT2D eigenvalue weighted by Crippen LogP contribution is 2.35. The number of rotatable bonds is 5. The van der Waals surface area contributed by atoms with Gasteiger partial charge in [-0.15, -0.1) is 0 Å². The SMILES string of the molecule is CCOC(=O)C1=C(C)N=c2sc(=C3C(=O)N(CC(N)=O)c4ccccc43)c(=O)n2C1c1ccccc1. The van der Waals surface area contributed by atoms with E-state index in [1.807, 2.05) is 30.3 Å². The summed E-state index contributed by atoms with van der Waals surface area (Å²) in [5.41, 5.74) is 7.56. The molecule has 1 aromatic heterocycles. The molecule has 0 radical (unpaired) electrons. The van der Waals surface area contributed by atoms with Crippen LogP contribution in [0.5, 0.6) is 0 Å². The molecule has 0 saturated heterocycles. The number of nitrogens with zero attached hydrogens (tertiary/aromatic N) is 3. The molecule has 2 aliphatic heterocycles. The molecule has 9 nitrogen and oxygen atoms in total. The molecule has 0 aliphatic carbocycles. The Morgan fingerprint density at radius 3 is 2.47 bits per heavy atom. The largest absolute Gasteiger partial charge is 0.463 e. The van der Waals surface area contributed by atoms with E-state index < -0.39 is 29.4 Å². The summed E-state index contributed by atoms with van der Waals surface area (Å²) in [5, 5.41) is 0. The van der Waals surface area contributed by atoms with Crippen LogP contribution in [0.4, 0.5) is 5.69 Å². The maximum Gasteiger partial charge on any atom is 0.338 e. The fourth-order valence-corrected chi connectivity index (χ4v) is 5.74. The van der Waals surface area contributed by atoms with Crippen LogP contribution in [0.3, 0.4) is 0 Å². The van der Waals surface area contributed by atoms with E-state index in [0.29, 0.717) is 27.3 Å². The van der Waals surface area contributed by atoms with Crippen LogP contribution < -0.4 is 25.5 Å². The van der Waals surface area contributed by atoms with E-state index in [0.717, 1.165) is 11.3 Å². The molecule has 2 aliphatic rings. The van der Waals surface area contributed by atoms with Crippen molar-refractivity contribution in [3.63, 3.8) is 0 Å². The summed E-state index contributed by atoms with van der Waals surface area (Å²) in [7, 11) is 0. The Morgan fingerprint density at radius 1 is 1.08 bits per heavy atom. The summed E-state index contributed by atoms with van der Waals surface area (Å²) < 4.78 is 6.92. The zero-order chi connectivity index (χ0) is 25.6. The molecule has 0 saturated carbocycles. The van der Waals surface area contributed by atoms with Gasteiger partial charge in [-0.05, 0) is 25.5 Å². The smallest absolute Gasteiger partial charge is 0.338 e. The van der Waals surface area contributed by atoms with Gasteiger partial charge < -0.3 is 10.5 Å². The molecule has 3 aromatic rings. The van der Waals surface area contributed by atoms with Crippen LogP contribution in [0.2, 0.25) is 0 Å². The minimum absolute atomic E-state index is 0.173. The van der Waals surface area contributed by atoms with Gasteiger partial charge in [0.15, 0.2) is 4.80 Å². The van der Waals surface area contributed by atoms with E-state index in [2.05, 4.69) is 4.99 Å². The van der Waals surface area contributed by atoms with Crippen molar-refractivity contribution in [2.24, 2.45) is 10.7 Å². The van der Waals surface area contributed by atoms with Crippen LogP contribution in [0, 0.1) is 0 Å². The number of carbonyl (C=O) groups is 3. The summed E-state index contributed by atoms with van der Waals surface area (Å²) in [6.07, 6.45) is 0. The Morgan fingerprint density at radius 2 is 1.78 bits per heavy atom. The normalized spacial score (nSPS) is 18.0. The van der Waals surface area contributed by atoms with Gasteiger partial charge in [0, 0.05) is 5.56 Å². The van der Waals surface area contributed by atoms with E-state index in [1.54, 1.807) is 38.1 Å². The van der Waals surface area contributed by atoms with Crippen LogP contribution in [0.15, 0.2) is 75.7 Å². The zero-order valence-corrected chi connectivity index (χ0v) is 20.4. The number of fused-ring (bicyclic) bond motifs is 2. The number of ether oxygens (including phenoxy) is 1. The highest BCUT2D eigenvalue weighted by atomic mass is 32.1. The molecular weight excluding hydrogens is 480 g/mol. The second kappa shape index (κ2) is 9.04. The molecule has 1 atom stereocenters. The number of primary amides is 1. The van der Waals surface area contributed by atoms with Crippen LogP contribution in [0.1, 0.15) is 31.0 Å². The number of allylic oxidation sites excluding steroid dienone is 1. The van der Waals surface area contributed by atoms with Crippen molar-refractivity contribution in [3.8, 4) is 0 Å². The second-order valence-corrected chi connectivity index (χ2v) is 9.26. The Kier molecular flexibility index (Phi) is 5.89. The molecule has 2 amide bonds. The van der Waals surface area contributed by atoms with Crippen molar-refractivity contribution < 1.29 is 19.1 Å². The number of anilines is 1. The Bertz CT molecular complexity index is 1630. The van der Waals surface area contributed by atoms with Crippen molar-refractivity contribution in [1.82, 2.24) is 4.57 Å². The second-order valence-electron chi connectivity index (χ2n) is 8.28. The number of benzene rings is 2. The van der Waals surface area contributed by atoms with Crippen molar-refractivity contribution in [2.75, 3.05) is 18.1 Å². The molecule has 5 rings (SSSR count). The fraction of sp³-hybridized carbons (Fsp3) is 0.192. The molecular formula is C26H22N4O5S. The molecule has 2 N–H and O–H groups in total. The van der Waals surface area contributed by atoms with Crippen molar-refractivity contribution >= 4 is 40.4 Å². The summed E-state index contributed by atoms with van der Waals surface area (Å²) in [6.45, 7) is 3.28. The van der Waals surface area contributed by atoms with Crippen molar-refractivity contribution in [2.45, 2.75) is 19.9 Å². The number of nitrogens with two attached hydrogens (primary N) is 1. The van der Waals surface area contributed by atoms with Gasteiger partial charge in [-0.25, -0.2) is 9.79 Å². The maximum atomic E-state index is 14.0. The molecule has 3 heterocycles. The first-order valence-corrected chi connectivity index (χ1v) is 12.1. The number of para-hydroxylation sites is 1. The standard InChI is InChI=1S/C26H22N4O5S/c1-3-35-25(34)19-14(2)28-26-30(21(19)15-9-5-4-6-10-15)24(33)22(36-26)20-16-11-7-8-12-17(16)29(23(20)32)13-18(27)31/h4-12,21H,3,13H2,1-2H3,(H2,27,31). The van der Waals surface area contributed by atoms with Crippen LogP contribution in [0.25, 0.3) is 5.57 Å². The molecule has 0 spiro atoms. The van der Waals surface area contributed by atoms with Gasteiger partial charge in [0.05, 0.1) is 35.2 Å². The number of hydrogen-bond donors (Lipinski definition) is 1. The van der Waals surface area contributed by atoms with Gasteiger partial charge in [0.25, 0.3) is 11.5 Å². The third-order valence-corrected chi connectivity index (χ3v) is 7.13. The van der Waals surface area contributed by atoms with E-state index in [4.69, 9.17) is 10.5 Å². The zero-order valence-electron chi connectivity index (χ0n) is 19.6. The maximum absolute atomic E-state index is 14.0. The highest BCUT2D eigenvalue weighted by Gasteiger charge is 2.37. The van der Waals surface area contributed by atoms with E-state index >= 15 is 0 Å². The average Bonchev–Trinajstić information content (AvgIpc) is 3.31. The number of hydrogen-bond acceptors (Lipinski definition) is 7. The number of esters is 1. The van der Waals surface area contributed by atoms with Crippen LogP contribution in [-0.2, 0) is 19.1 Å². The first kappa shape index (κ1) is 23.4. The number of carbonyl (C=O) groups excluding carboxylic acids is 3. The lowest BCUT2D eigenvalue weighted by Crippen LogP contribution is -2.41. The van der Waals surface area contributed by atoms with Crippen molar-refractivity contribution in [3.05, 3.63) is 96.7 Å². The third kappa shape index (κ3) is 3.66. The summed E-state index contributed by atoms with van der Waals surface area (Å²) in [5.74, 6) is -1.71. The third-order valence-electron chi connectivity index (χ3n) is 6.07. The number of aromatic nitrogens is 1. The summed E-state index contributed by atoms with van der Waals surface area (Å²) >= 11 is 1.07. The quantitative estimate of drug-likeness (QED) is 0.522. The van der Waals surface area contributed by atoms with Gasteiger partial charge in [-0.3, -0.25) is 23.9 Å². The number of thiazole rings is 1. The van der Waals surface area contributed by atoms with E-state index in [9.17, 15) is 19.2 Å². The van der Waals surface area contributed by atoms with Gasteiger partial charge in [-0.1, -0.05) is 59.9 Å². The number of amides is 2. The Balaban J connectivity index is 1.81. The lowest BCUT2D eigenvalue weighted by Gasteiger charge is -2.24. The minimum atomic E-state index is -0.774. The minimum Gasteiger partial charge on any atom is -0.463 e. The summed E-state index contributed by atoms with van der Waals surface area (Å²) in [6, 6.07) is 15.3. The predicted octanol–water partition coefficient (Wildman–Crippen LogP) is 1.00. The van der Waals surface area contributed by atoms with Gasteiger partial charge in [0.1, 0.15) is 11.1 Å². The molecule has 0 bridgehead atoms. The van der Waals surface area contributed by atoms with Gasteiger partial charge >= 0.3 is 5.97 Å². The first-order valence-electron chi connectivity index (χ1n) is 11.3. The first-order chi connectivity index (χ1) is 17.3. The summed E-state index contributed by atoms with van der Waals surface area (Å²) in [4.78, 5) is 58.2. The molecule has 0 fully saturated rings. The molecule has 182 valence electrons. The molecule has 10 heteroatoms. The lowest BCUT2D eigenvalue weighted by atomic mass is 9.96. The van der Waals surface area contributed by atoms with Gasteiger partial charge in [0.2, 0.25) is 5.91 Å². The predicted molar refractivity (Wildman–Crippen MR) is 134 cm³/mol. The molecule has 36 heavy (non-hydrogen) atoms. The van der Waals surface area contributed by atoms with Gasteiger partial charge in [-0.2, -0.15) is 0 Å². The van der Waals surface area contributed by atoms with E-state index in [1.165, 1.54) is 9.47 Å². The lowest BCUT2D eigenvalue weighted by molar-refractivity contribution is -0.139. The van der Waals surface area contributed by atoms with Crippen LogP contribution in [-0.4, -0.2) is 35.5 Å². The average molecular weight is 503 g/mol. The monoisotopic (exact) mass is 502 g/mol. The topological polar surface area (TPSA) is 124 Å². The van der Waals surface area contributed by atoms with Crippen molar-refractivity contribution in [1.29, 1.82) is 0 Å².